The SMILES string of the molecule is Cl.NCCCOC1CCN(C(=O)CSc2nc3ccccc3s2)CC1. The maximum Gasteiger partial charge on any atom is 0.233 e. The Hall–Kier alpha value is -0.860. The summed E-state index contributed by atoms with van der Waals surface area (Å²) < 4.78 is 7.91. The number of thiazole rings is 1. The van der Waals surface area contributed by atoms with Gasteiger partial charge in [0, 0.05) is 19.7 Å². The molecule has 1 aromatic heterocycles. The van der Waals surface area contributed by atoms with Crippen LogP contribution in [-0.2, 0) is 9.53 Å². The molecule has 5 nitrogen and oxygen atoms in total. The van der Waals surface area contributed by atoms with Crippen molar-refractivity contribution in [2.45, 2.75) is 29.7 Å². The number of carbonyl (C=O) groups is 1. The zero-order valence-electron chi connectivity index (χ0n) is 14.1. The van der Waals surface area contributed by atoms with Gasteiger partial charge in [-0.15, -0.1) is 23.7 Å². The Morgan fingerprint density at radius 1 is 1.36 bits per heavy atom. The minimum absolute atomic E-state index is 0. The number of benzene rings is 1. The average molecular weight is 402 g/mol. The highest BCUT2D eigenvalue weighted by Gasteiger charge is 2.23. The van der Waals surface area contributed by atoms with Gasteiger partial charge in [-0.2, -0.15) is 0 Å². The molecule has 25 heavy (non-hydrogen) atoms. The summed E-state index contributed by atoms with van der Waals surface area (Å²) in [6.45, 7) is 2.96. The number of likely N-dealkylation sites (tertiary alicyclic amines) is 1. The van der Waals surface area contributed by atoms with Crippen LogP contribution in [0.2, 0.25) is 0 Å². The van der Waals surface area contributed by atoms with Crippen LogP contribution in [0.15, 0.2) is 28.6 Å². The van der Waals surface area contributed by atoms with E-state index in [2.05, 4.69) is 11.1 Å². The molecule has 3 rings (SSSR count). The lowest BCUT2D eigenvalue weighted by molar-refractivity contribution is -0.130. The van der Waals surface area contributed by atoms with Crippen LogP contribution in [-0.4, -0.2) is 53.9 Å². The number of piperidine rings is 1. The van der Waals surface area contributed by atoms with Gasteiger partial charge in [-0.3, -0.25) is 4.79 Å². The van der Waals surface area contributed by atoms with Crippen LogP contribution in [0, 0.1) is 0 Å². The number of fused-ring (bicyclic) bond motifs is 1. The second kappa shape index (κ2) is 10.3. The van der Waals surface area contributed by atoms with Gasteiger partial charge in [0.25, 0.3) is 0 Å². The van der Waals surface area contributed by atoms with Gasteiger partial charge < -0.3 is 15.4 Å². The lowest BCUT2D eigenvalue weighted by Crippen LogP contribution is -2.41. The quantitative estimate of drug-likeness (QED) is 0.570. The molecule has 0 bridgehead atoms. The van der Waals surface area contributed by atoms with E-state index in [0.717, 1.165) is 48.8 Å². The van der Waals surface area contributed by atoms with Crippen LogP contribution in [0.4, 0.5) is 0 Å². The third-order valence-corrected chi connectivity index (χ3v) is 6.25. The monoisotopic (exact) mass is 401 g/mol. The summed E-state index contributed by atoms with van der Waals surface area (Å²) >= 11 is 3.19. The molecule has 1 aromatic carbocycles. The Kier molecular flexibility index (Phi) is 8.45. The van der Waals surface area contributed by atoms with Crippen molar-refractivity contribution in [2.75, 3.05) is 32.0 Å². The molecule has 2 N–H and O–H groups in total. The smallest absolute Gasteiger partial charge is 0.233 e. The van der Waals surface area contributed by atoms with Gasteiger partial charge in [0.15, 0.2) is 4.34 Å². The second-order valence-electron chi connectivity index (χ2n) is 5.83. The van der Waals surface area contributed by atoms with E-state index in [1.807, 2.05) is 23.1 Å². The average Bonchev–Trinajstić information content (AvgIpc) is 3.03. The summed E-state index contributed by atoms with van der Waals surface area (Å²) in [6.07, 6.45) is 3.01. The fourth-order valence-electron chi connectivity index (χ4n) is 2.73. The highest BCUT2D eigenvalue weighted by atomic mass is 35.5. The molecular weight excluding hydrogens is 378 g/mol. The Morgan fingerprint density at radius 2 is 2.12 bits per heavy atom. The largest absolute Gasteiger partial charge is 0.378 e. The molecule has 1 saturated heterocycles. The second-order valence-corrected chi connectivity index (χ2v) is 8.08. The number of para-hydroxylation sites is 1. The third kappa shape index (κ3) is 5.82. The van der Waals surface area contributed by atoms with E-state index >= 15 is 0 Å². The molecule has 1 amide bonds. The molecule has 2 aromatic rings. The normalized spacial score (nSPS) is 15.3. The van der Waals surface area contributed by atoms with Crippen molar-refractivity contribution in [2.24, 2.45) is 5.73 Å². The highest BCUT2D eigenvalue weighted by molar-refractivity contribution is 8.01. The molecule has 8 heteroatoms. The van der Waals surface area contributed by atoms with Gasteiger partial charge in [-0.1, -0.05) is 23.9 Å². The maximum atomic E-state index is 12.4. The van der Waals surface area contributed by atoms with Crippen LogP contribution in [0.5, 0.6) is 0 Å². The Bertz CT molecular complexity index is 642. The number of nitrogens with two attached hydrogens (primary N) is 1. The van der Waals surface area contributed by atoms with E-state index in [0.29, 0.717) is 12.3 Å². The number of thioether (sulfide) groups is 1. The van der Waals surface area contributed by atoms with E-state index in [9.17, 15) is 4.79 Å². The Labute approximate surface area is 162 Å². The van der Waals surface area contributed by atoms with Crippen LogP contribution in [0.1, 0.15) is 19.3 Å². The molecular formula is C17H24ClN3O2S2. The van der Waals surface area contributed by atoms with E-state index in [4.69, 9.17) is 10.5 Å². The number of amides is 1. The van der Waals surface area contributed by atoms with E-state index in [-0.39, 0.29) is 24.4 Å². The van der Waals surface area contributed by atoms with Crippen LogP contribution < -0.4 is 5.73 Å². The lowest BCUT2D eigenvalue weighted by Gasteiger charge is -2.31. The number of hydrogen-bond donors (Lipinski definition) is 1. The molecule has 1 aliphatic heterocycles. The van der Waals surface area contributed by atoms with Crippen molar-refractivity contribution in [3.63, 3.8) is 0 Å². The van der Waals surface area contributed by atoms with Gasteiger partial charge in [0.2, 0.25) is 5.91 Å². The minimum Gasteiger partial charge on any atom is -0.378 e. The fraction of sp³-hybridized carbons (Fsp3) is 0.529. The Balaban J connectivity index is 0.00000225. The number of halogens is 1. The summed E-state index contributed by atoms with van der Waals surface area (Å²) in [6, 6.07) is 8.07. The van der Waals surface area contributed by atoms with Gasteiger partial charge >= 0.3 is 0 Å². The lowest BCUT2D eigenvalue weighted by atomic mass is 10.1. The van der Waals surface area contributed by atoms with Gasteiger partial charge in [0.05, 0.1) is 22.1 Å². The molecule has 0 aliphatic carbocycles. The van der Waals surface area contributed by atoms with Crippen LogP contribution in [0.3, 0.4) is 0 Å². The molecule has 1 aliphatic rings. The van der Waals surface area contributed by atoms with Crippen molar-refractivity contribution in [1.29, 1.82) is 0 Å². The number of carbonyl (C=O) groups excluding carboxylic acids is 1. The zero-order chi connectivity index (χ0) is 16.8. The van der Waals surface area contributed by atoms with Crippen molar-refractivity contribution in [3.05, 3.63) is 24.3 Å². The summed E-state index contributed by atoms with van der Waals surface area (Å²) in [5.41, 5.74) is 6.48. The summed E-state index contributed by atoms with van der Waals surface area (Å²) in [4.78, 5) is 18.9. The molecule has 0 spiro atoms. The summed E-state index contributed by atoms with van der Waals surface area (Å²) in [7, 11) is 0. The highest BCUT2D eigenvalue weighted by Crippen LogP contribution is 2.29. The van der Waals surface area contributed by atoms with Gasteiger partial charge in [-0.25, -0.2) is 4.98 Å². The first-order valence-corrected chi connectivity index (χ1v) is 10.1. The molecule has 138 valence electrons. The molecule has 0 unspecified atom stereocenters. The maximum absolute atomic E-state index is 12.4. The van der Waals surface area contributed by atoms with Crippen molar-refractivity contribution in [3.8, 4) is 0 Å². The number of ether oxygens (including phenoxy) is 1. The van der Waals surface area contributed by atoms with Gasteiger partial charge in [0.1, 0.15) is 0 Å². The van der Waals surface area contributed by atoms with Crippen molar-refractivity contribution < 1.29 is 9.53 Å². The van der Waals surface area contributed by atoms with E-state index < -0.39 is 0 Å². The minimum atomic E-state index is 0. The molecule has 0 radical (unpaired) electrons. The molecule has 2 heterocycles. The first kappa shape index (κ1) is 20.5. The van der Waals surface area contributed by atoms with Crippen molar-refractivity contribution >= 4 is 51.6 Å². The van der Waals surface area contributed by atoms with Crippen LogP contribution >= 0.6 is 35.5 Å². The molecule has 0 atom stereocenters. The van der Waals surface area contributed by atoms with E-state index in [1.54, 1.807) is 11.3 Å². The van der Waals surface area contributed by atoms with Gasteiger partial charge in [-0.05, 0) is 37.9 Å². The molecule has 1 fully saturated rings. The van der Waals surface area contributed by atoms with Crippen LogP contribution in [0.25, 0.3) is 10.2 Å². The number of hydrogen-bond acceptors (Lipinski definition) is 6. The Morgan fingerprint density at radius 3 is 2.84 bits per heavy atom. The first-order chi connectivity index (χ1) is 11.8. The number of nitrogens with zero attached hydrogens (tertiary/aromatic N) is 2. The van der Waals surface area contributed by atoms with E-state index in [1.165, 1.54) is 16.5 Å². The predicted octanol–water partition coefficient (Wildman–Crippen LogP) is 3.17. The number of rotatable bonds is 7. The van der Waals surface area contributed by atoms with Crippen molar-refractivity contribution in [1.82, 2.24) is 9.88 Å². The predicted molar refractivity (Wildman–Crippen MR) is 107 cm³/mol. The zero-order valence-corrected chi connectivity index (χ0v) is 16.5. The summed E-state index contributed by atoms with van der Waals surface area (Å²) in [5.74, 6) is 0.651. The standard InChI is InChI=1S/C17H23N3O2S2.ClH/c18-8-3-11-22-13-6-9-20(10-7-13)16(21)12-23-17-19-14-4-1-2-5-15(14)24-17;/h1-2,4-5,13H,3,6-12,18H2;1H. The molecule has 0 saturated carbocycles. The first-order valence-electron chi connectivity index (χ1n) is 8.34. The number of aromatic nitrogens is 1. The fourth-order valence-corrected chi connectivity index (χ4v) is 4.70. The summed E-state index contributed by atoms with van der Waals surface area (Å²) in [5, 5.41) is 0. The third-order valence-electron chi connectivity index (χ3n) is 4.09. The topological polar surface area (TPSA) is 68.5 Å².